The Morgan fingerprint density at radius 2 is 1.94 bits per heavy atom. The fourth-order valence-corrected chi connectivity index (χ4v) is 2.41. The zero-order valence-electron chi connectivity index (χ0n) is 11.0. The van der Waals surface area contributed by atoms with Crippen LogP contribution in [0.15, 0.2) is 24.3 Å². The number of aliphatic hydroxyl groups excluding tert-OH is 2. The highest BCUT2D eigenvalue weighted by Gasteiger charge is 2.24. The van der Waals surface area contributed by atoms with E-state index in [-0.39, 0.29) is 6.61 Å². The quantitative estimate of drug-likeness (QED) is 0.814. The summed E-state index contributed by atoms with van der Waals surface area (Å²) in [6.07, 6.45) is 4.22. The van der Waals surface area contributed by atoms with Gasteiger partial charge < -0.3 is 15.1 Å². The molecule has 0 bridgehead atoms. The fourth-order valence-electron chi connectivity index (χ4n) is 2.41. The third-order valence-electron chi connectivity index (χ3n) is 3.78. The van der Waals surface area contributed by atoms with Gasteiger partial charge in [0.25, 0.3) is 0 Å². The third-order valence-corrected chi connectivity index (χ3v) is 3.78. The molecule has 0 aromatic heterocycles. The van der Waals surface area contributed by atoms with Crippen LogP contribution in [0.3, 0.4) is 0 Å². The van der Waals surface area contributed by atoms with E-state index in [0.29, 0.717) is 6.04 Å². The van der Waals surface area contributed by atoms with Gasteiger partial charge in [0.05, 0.1) is 6.10 Å². The monoisotopic (exact) mass is 249 g/mol. The molecule has 100 valence electrons. The van der Waals surface area contributed by atoms with E-state index in [1.807, 2.05) is 12.1 Å². The minimum absolute atomic E-state index is 0.245. The Morgan fingerprint density at radius 3 is 2.39 bits per heavy atom. The fraction of sp³-hybridized carbons (Fsp3) is 0.600. The van der Waals surface area contributed by atoms with Crippen molar-refractivity contribution in [3.63, 3.8) is 0 Å². The van der Waals surface area contributed by atoms with Gasteiger partial charge in [-0.15, -0.1) is 0 Å². The minimum atomic E-state index is -0.409. The number of hydrogen-bond donors (Lipinski definition) is 2. The Hall–Kier alpha value is -1.06. The second-order valence-electron chi connectivity index (χ2n) is 5.12. The molecule has 0 amide bonds. The molecule has 18 heavy (non-hydrogen) atoms. The Labute approximate surface area is 109 Å². The van der Waals surface area contributed by atoms with Gasteiger partial charge in [-0.3, -0.25) is 0 Å². The molecule has 0 aliphatic heterocycles. The molecule has 1 aliphatic rings. The van der Waals surface area contributed by atoms with Gasteiger partial charge in [0.2, 0.25) is 0 Å². The van der Waals surface area contributed by atoms with Crippen LogP contribution in [0.5, 0.6) is 0 Å². The zero-order valence-corrected chi connectivity index (χ0v) is 11.0. The van der Waals surface area contributed by atoms with Crippen molar-refractivity contribution in [1.82, 2.24) is 0 Å². The molecule has 0 spiro atoms. The highest BCUT2D eigenvalue weighted by molar-refractivity contribution is 5.49. The van der Waals surface area contributed by atoms with Gasteiger partial charge in [0.15, 0.2) is 0 Å². The van der Waals surface area contributed by atoms with Crippen molar-refractivity contribution in [2.24, 2.45) is 0 Å². The van der Waals surface area contributed by atoms with E-state index in [1.165, 1.54) is 24.9 Å². The summed E-state index contributed by atoms with van der Waals surface area (Å²) >= 11 is 0. The van der Waals surface area contributed by atoms with Crippen molar-refractivity contribution in [1.29, 1.82) is 0 Å². The molecule has 1 aliphatic carbocycles. The number of hydrogen-bond acceptors (Lipinski definition) is 3. The number of benzene rings is 1. The molecule has 1 atom stereocenters. The molecule has 1 aromatic carbocycles. The van der Waals surface area contributed by atoms with Crippen molar-refractivity contribution in [2.75, 3.05) is 18.1 Å². The molecule has 1 aromatic rings. The maximum Gasteiger partial charge on any atom is 0.0761 e. The van der Waals surface area contributed by atoms with Crippen molar-refractivity contribution in [3.05, 3.63) is 29.8 Å². The van der Waals surface area contributed by atoms with Crippen LogP contribution in [-0.4, -0.2) is 29.4 Å². The van der Waals surface area contributed by atoms with E-state index in [4.69, 9.17) is 5.11 Å². The van der Waals surface area contributed by atoms with Gasteiger partial charge in [-0.05, 0) is 50.3 Å². The van der Waals surface area contributed by atoms with Gasteiger partial charge in [0.1, 0.15) is 0 Å². The molecular weight excluding hydrogens is 226 g/mol. The first kappa shape index (κ1) is 13.4. The van der Waals surface area contributed by atoms with Crippen molar-refractivity contribution in [2.45, 2.75) is 44.8 Å². The SMILES string of the molecule is C[C@H](O)c1ccc(N(CCCO)C2CCC2)cc1. The summed E-state index contributed by atoms with van der Waals surface area (Å²) in [5, 5.41) is 18.5. The summed E-state index contributed by atoms with van der Waals surface area (Å²) in [5.41, 5.74) is 2.16. The summed E-state index contributed by atoms with van der Waals surface area (Å²) in [4.78, 5) is 2.39. The highest BCUT2D eigenvalue weighted by Crippen LogP contribution is 2.30. The smallest absolute Gasteiger partial charge is 0.0761 e. The number of rotatable bonds is 6. The molecule has 3 nitrogen and oxygen atoms in total. The lowest BCUT2D eigenvalue weighted by molar-refractivity contribution is 0.199. The Kier molecular flexibility index (Phi) is 4.61. The maximum atomic E-state index is 9.51. The van der Waals surface area contributed by atoms with Crippen molar-refractivity contribution < 1.29 is 10.2 Å². The summed E-state index contributed by atoms with van der Waals surface area (Å²) in [6, 6.07) is 8.78. The number of anilines is 1. The van der Waals surface area contributed by atoms with E-state index in [9.17, 15) is 5.11 Å². The van der Waals surface area contributed by atoms with E-state index in [1.54, 1.807) is 6.92 Å². The standard InChI is InChI=1S/C15H23NO2/c1-12(18)13-6-8-15(9-7-13)16(10-3-11-17)14-4-2-5-14/h6-9,12,14,17-18H,2-5,10-11H2,1H3/t12-/m0/s1. The van der Waals surface area contributed by atoms with Gasteiger partial charge in [-0.2, -0.15) is 0 Å². The average molecular weight is 249 g/mol. The summed E-state index contributed by atoms with van der Waals surface area (Å²) in [5.74, 6) is 0. The Balaban J connectivity index is 2.08. The minimum Gasteiger partial charge on any atom is -0.396 e. The summed E-state index contributed by atoms with van der Waals surface area (Å²) in [7, 11) is 0. The number of aliphatic hydroxyl groups is 2. The topological polar surface area (TPSA) is 43.7 Å². The van der Waals surface area contributed by atoms with Gasteiger partial charge in [-0.1, -0.05) is 12.1 Å². The zero-order chi connectivity index (χ0) is 13.0. The average Bonchev–Trinajstić information content (AvgIpc) is 2.32. The van der Waals surface area contributed by atoms with Crippen molar-refractivity contribution >= 4 is 5.69 Å². The largest absolute Gasteiger partial charge is 0.396 e. The lowest BCUT2D eigenvalue weighted by Crippen LogP contribution is -2.41. The number of nitrogens with zero attached hydrogens (tertiary/aromatic N) is 1. The van der Waals surface area contributed by atoms with E-state index >= 15 is 0 Å². The first-order valence-corrected chi connectivity index (χ1v) is 6.88. The Morgan fingerprint density at radius 1 is 1.28 bits per heavy atom. The molecular formula is C15H23NO2. The van der Waals surface area contributed by atoms with E-state index in [2.05, 4.69) is 17.0 Å². The second-order valence-corrected chi connectivity index (χ2v) is 5.12. The predicted octanol–water partition coefficient (Wildman–Crippen LogP) is 2.48. The van der Waals surface area contributed by atoms with Crippen LogP contribution in [0.2, 0.25) is 0 Å². The highest BCUT2D eigenvalue weighted by atomic mass is 16.3. The van der Waals surface area contributed by atoms with E-state index < -0.39 is 6.10 Å². The normalized spacial score (nSPS) is 17.3. The maximum absolute atomic E-state index is 9.51. The molecule has 2 N–H and O–H groups in total. The molecule has 3 heteroatoms. The van der Waals surface area contributed by atoms with E-state index in [0.717, 1.165) is 18.5 Å². The first-order chi connectivity index (χ1) is 8.72. The van der Waals surface area contributed by atoms with Crippen molar-refractivity contribution in [3.8, 4) is 0 Å². The first-order valence-electron chi connectivity index (χ1n) is 6.88. The van der Waals surface area contributed by atoms with Gasteiger partial charge >= 0.3 is 0 Å². The van der Waals surface area contributed by atoms with Crippen LogP contribution in [0.1, 0.15) is 44.3 Å². The third kappa shape index (κ3) is 3.03. The van der Waals surface area contributed by atoms with Crippen LogP contribution >= 0.6 is 0 Å². The molecule has 1 saturated carbocycles. The summed E-state index contributed by atoms with van der Waals surface area (Å²) < 4.78 is 0. The lowest BCUT2D eigenvalue weighted by Gasteiger charge is -2.39. The molecule has 0 radical (unpaired) electrons. The summed E-state index contributed by atoms with van der Waals surface area (Å²) in [6.45, 7) is 2.94. The van der Waals surface area contributed by atoms with Crippen LogP contribution in [0.25, 0.3) is 0 Å². The second kappa shape index (κ2) is 6.21. The lowest BCUT2D eigenvalue weighted by atomic mass is 9.90. The molecule has 0 unspecified atom stereocenters. The van der Waals surface area contributed by atoms with Gasteiger partial charge in [-0.25, -0.2) is 0 Å². The molecule has 0 saturated heterocycles. The van der Waals surface area contributed by atoms with Crippen LogP contribution in [-0.2, 0) is 0 Å². The molecule has 1 fully saturated rings. The molecule has 2 rings (SSSR count). The van der Waals surface area contributed by atoms with Gasteiger partial charge in [0, 0.05) is 24.9 Å². The van der Waals surface area contributed by atoms with Crippen LogP contribution in [0, 0.1) is 0 Å². The predicted molar refractivity (Wildman–Crippen MR) is 73.8 cm³/mol. The molecule has 0 heterocycles. The van der Waals surface area contributed by atoms with Crippen LogP contribution < -0.4 is 4.90 Å². The Bertz CT molecular complexity index is 357. The van der Waals surface area contributed by atoms with Crippen LogP contribution in [0.4, 0.5) is 5.69 Å².